The molecule has 0 aliphatic rings. The van der Waals surface area contributed by atoms with Gasteiger partial charge < -0.3 is 10.3 Å². The summed E-state index contributed by atoms with van der Waals surface area (Å²) < 4.78 is 0. The van der Waals surface area contributed by atoms with Gasteiger partial charge in [0.05, 0.1) is 6.42 Å². The maximum atomic E-state index is 12.3. The first kappa shape index (κ1) is 15.2. The molecule has 3 heteroatoms. The Morgan fingerprint density at radius 1 is 0.840 bits per heavy atom. The number of fused-ring (bicyclic) bond motifs is 1. The maximum Gasteiger partial charge on any atom is 0.228 e. The summed E-state index contributed by atoms with van der Waals surface area (Å²) in [5, 5.41) is 4.09. The second kappa shape index (κ2) is 6.65. The summed E-state index contributed by atoms with van der Waals surface area (Å²) in [7, 11) is 0. The van der Waals surface area contributed by atoms with Gasteiger partial charge in [-0.15, -0.1) is 0 Å². The smallest absolute Gasteiger partial charge is 0.228 e. The van der Waals surface area contributed by atoms with Crippen LogP contribution in [0.5, 0.6) is 0 Å². The Hall–Kier alpha value is -3.33. The van der Waals surface area contributed by atoms with Gasteiger partial charge >= 0.3 is 0 Å². The molecule has 122 valence electrons. The van der Waals surface area contributed by atoms with Crippen LogP contribution in [0.15, 0.2) is 85.1 Å². The second-order valence-electron chi connectivity index (χ2n) is 6.07. The number of aromatic amines is 1. The van der Waals surface area contributed by atoms with Crippen LogP contribution < -0.4 is 5.32 Å². The summed E-state index contributed by atoms with van der Waals surface area (Å²) >= 11 is 0. The molecule has 0 spiro atoms. The standard InChI is InChI=1S/C22H18N2O/c25-22(15-16-6-11-21-19(14-16)12-13-23-21)24-20-9-7-18(8-10-20)17-4-2-1-3-5-17/h1-14,23H,15H2,(H,24,25). The zero-order chi connectivity index (χ0) is 17.1. The number of nitrogens with one attached hydrogen (secondary N) is 2. The van der Waals surface area contributed by atoms with Crippen molar-refractivity contribution in [3.8, 4) is 11.1 Å². The molecule has 4 aromatic rings. The molecule has 25 heavy (non-hydrogen) atoms. The lowest BCUT2D eigenvalue weighted by molar-refractivity contribution is -0.115. The lowest BCUT2D eigenvalue weighted by Gasteiger charge is -2.07. The number of carbonyl (C=O) groups is 1. The molecule has 1 amide bonds. The van der Waals surface area contributed by atoms with Crippen molar-refractivity contribution in [1.29, 1.82) is 0 Å². The molecule has 0 saturated heterocycles. The molecule has 0 atom stereocenters. The third-order valence-electron chi connectivity index (χ3n) is 4.26. The van der Waals surface area contributed by atoms with Crippen LogP contribution in [-0.2, 0) is 11.2 Å². The molecular weight excluding hydrogens is 308 g/mol. The lowest BCUT2D eigenvalue weighted by atomic mass is 10.1. The summed E-state index contributed by atoms with van der Waals surface area (Å²) in [6.07, 6.45) is 2.27. The van der Waals surface area contributed by atoms with E-state index in [2.05, 4.69) is 22.4 Å². The minimum absolute atomic E-state index is 0.0117. The van der Waals surface area contributed by atoms with Crippen LogP contribution >= 0.6 is 0 Å². The third-order valence-corrected chi connectivity index (χ3v) is 4.26. The van der Waals surface area contributed by atoms with Gasteiger partial charge in [-0.1, -0.05) is 48.5 Å². The number of hydrogen-bond acceptors (Lipinski definition) is 1. The molecule has 1 aromatic heterocycles. The van der Waals surface area contributed by atoms with Gasteiger partial charge in [-0.2, -0.15) is 0 Å². The van der Waals surface area contributed by atoms with Crippen molar-refractivity contribution < 1.29 is 4.79 Å². The molecule has 0 radical (unpaired) electrons. The Kier molecular flexibility index (Phi) is 4.05. The highest BCUT2D eigenvalue weighted by Gasteiger charge is 2.06. The Labute approximate surface area is 146 Å². The van der Waals surface area contributed by atoms with Gasteiger partial charge in [0.25, 0.3) is 0 Å². The molecular formula is C22H18N2O. The number of amides is 1. The predicted octanol–water partition coefficient (Wildman–Crippen LogP) is 5.02. The van der Waals surface area contributed by atoms with Crippen molar-refractivity contribution in [2.24, 2.45) is 0 Å². The number of anilines is 1. The van der Waals surface area contributed by atoms with Gasteiger partial charge in [-0.05, 0) is 52.4 Å². The fourth-order valence-corrected chi connectivity index (χ4v) is 2.98. The largest absolute Gasteiger partial charge is 0.361 e. The average Bonchev–Trinajstić information content (AvgIpc) is 3.11. The maximum absolute atomic E-state index is 12.3. The topological polar surface area (TPSA) is 44.9 Å². The third kappa shape index (κ3) is 3.45. The van der Waals surface area contributed by atoms with E-state index in [0.29, 0.717) is 6.42 Å². The number of aromatic nitrogens is 1. The number of H-pyrrole nitrogens is 1. The molecule has 0 bridgehead atoms. The van der Waals surface area contributed by atoms with Gasteiger partial charge in [0.15, 0.2) is 0 Å². The molecule has 4 rings (SSSR count). The van der Waals surface area contributed by atoms with Gasteiger partial charge in [-0.25, -0.2) is 0 Å². The zero-order valence-electron chi connectivity index (χ0n) is 13.7. The Morgan fingerprint density at radius 2 is 1.60 bits per heavy atom. The van der Waals surface area contributed by atoms with E-state index in [-0.39, 0.29) is 5.91 Å². The molecule has 0 saturated carbocycles. The predicted molar refractivity (Wildman–Crippen MR) is 103 cm³/mol. The molecule has 2 N–H and O–H groups in total. The van der Waals surface area contributed by atoms with Gasteiger partial charge in [0.2, 0.25) is 5.91 Å². The van der Waals surface area contributed by atoms with Crippen LogP contribution in [0.1, 0.15) is 5.56 Å². The minimum Gasteiger partial charge on any atom is -0.361 e. The normalized spacial score (nSPS) is 10.7. The molecule has 3 nitrogen and oxygen atoms in total. The second-order valence-corrected chi connectivity index (χ2v) is 6.07. The van der Waals surface area contributed by atoms with E-state index in [0.717, 1.165) is 27.7 Å². The zero-order valence-corrected chi connectivity index (χ0v) is 13.7. The van der Waals surface area contributed by atoms with Crippen molar-refractivity contribution in [3.05, 3.63) is 90.6 Å². The molecule has 0 aliphatic heterocycles. The molecule has 3 aromatic carbocycles. The first-order valence-corrected chi connectivity index (χ1v) is 8.29. The number of rotatable bonds is 4. The van der Waals surface area contributed by atoms with E-state index < -0.39 is 0 Å². The van der Waals surface area contributed by atoms with Crippen LogP contribution in [0.2, 0.25) is 0 Å². The van der Waals surface area contributed by atoms with Crippen LogP contribution in [-0.4, -0.2) is 10.9 Å². The van der Waals surface area contributed by atoms with E-state index in [1.165, 1.54) is 5.56 Å². The van der Waals surface area contributed by atoms with Crippen molar-refractivity contribution in [1.82, 2.24) is 4.98 Å². The fraction of sp³-hybridized carbons (Fsp3) is 0.0455. The van der Waals surface area contributed by atoms with Crippen LogP contribution in [0.25, 0.3) is 22.0 Å². The Morgan fingerprint density at radius 3 is 2.40 bits per heavy atom. The Balaban J connectivity index is 1.43. The van der Waals surface area contributed by atoms with E-state index >= 15 is 0 Å². The summed E-state index contributed by atoms with van der Waals surface area (Å²) in [5.41, 5.74) is 5.20. The highest BCUT2D eigenvalue weighted by Crippen LogP contribution is 2.21. The minimum atomic E-state index is -0.0117. The monoisotopic (exact) mass is 326 g/mol. The first-order valence-electron chi connectivity index (χ1n) is 8.29. The molecule has 1 heterocycles. The van der Waals surface area contributed by atoms with Gasteiger partial charge in [0.1, 0.15) is 0 Å². The highest BCUT2D eigenvalue weighted by atomic mass is 16.1. The molecule has 0 unspecified atom stereocenters. The van der Waals surface area contributed by atoms with Crippen molar-refractivity contribution in [2.45, 2.75) is 6.42 Å². The Bertz CT molecular complexity index is 1000. The fourth-order valence-electron chi connectivity index (χ4n) is 2.98. The van der Waals surface area contributed by atoms with Crippen molar-refractivity contribution in [2.75, 3.05) is 5.32 Å². The van der Waals surface area contributed by atoms with Crippen LogP contribution in [0.3, 0.4) is 0 Å². The van der Waals surface area contributed by atoms with E-state index in [1.807, 2.05) is 72.9 Å². The van der Waals surface area contributed by atoms with Crippen molar-refractivity contribution in [3.63, 3.8) is 0 Å². The number of carbonyl (C=O) groups excluding carboxylic acids is 1. The summed E-state index contributed by atoms with van der Waals surface area (Å²) in [6.45, 7) is 0. The number of hydrogen-bond donors (Lipinski definition) is 2. The molecule has 0 aliphatic carbocycles. The van der Waals surface area contributed by atoms with E-state index in [1.54, 1.807) is 0 Å². The summed E-state index contributed by atoms with van der Waals surface area (Å²) in [6, 6.07) is 26.2. The van der Waals surface area contributed by atoms with Crippen LogP contribution in [0, 0.1) is 0 Å². The first-order chi connectivity index (χ1) is 12.3. The lowest BCUT2D eigenvalue weighted by Crippen LogP contribution is -2.14. The summed E-state index contributed by atoms with van der Waals surface area (Å²) in [4.78, 5) is 15.5. The highest BCUT2D eigenvalue weighted by molar-refractivity contribution is 5.93. The number of benzene rings is 3. The van der Waals surface area contributed by atoms with Gasteiger partial charge in [0, 0.05) is 17.4 Å². The van der Waals surface area contributed by atoms with Gasteiger partial charge in [-0.3, -0.25) is 4.79 Å². The SMILES string of the molecule is O=C(Cc1ccc2[nH]ccc2c1)Nc1ccc(-c2ccccc2)cc1. The quantitative estimate of drug-likeness (QED) is 0.543. The average molecular weight is 326 g/mol. The van der Waals surface area contributed by atoms with E-state index in [4.69, 9.17) is 0 Å². The van der Waals surface area contributed by atoms with Crippen LogP contribution in [0.4, 0.5) is 5.69 Å². The van der Waals surface area contributed by atoms with Crippen molar-refractivity contribution >= 4 is 22.5 Å². The van der Waals surface area contributed by atoms with E-state index in [9.17, 15) is 4.79 Å². The molecule has 0 fully saturated rings. The summed E-state index contributed by atoms with van der Waals surface area (Å²) in [5.74, 6) is -0.0117.